The molecule has 1 atom stereocenters. The van der Waals surface area contributed by atoms with Crippen LogP contribution in [0.1, 0.15) is 18.9 Å². The zero-order valence-electron chi connectivity index (χ0n) is 11.3. The number of carboxylic acids is 1. The van der Waals surface area contributed by atoms with Crippen molar-refractivity contribution in [1.82, 2.24) is 10.2 Å². The highest BCUT2D eigenvalue weighted by molar-refractivity contribution is 5.81. The van der Waals surface area contributed by atoms with Crippen molar-refractivity contribution in [3.8, 4) is 0 Å². The molecule has 0 saturated heterocycles. The molecule has 19 heavy (non-hydrogen) atoms. The first kappa shape index (κ1) is 15.2. The van der Waals surface area contributed by atoms with Crippen molar-refractivity contribution in [3.05, 3.63) is 35.9 Å². The highest BCUT2D eigenvalue weighted by atomic mass is 16.4. The second-order valence-corrected chi connectivity index (χ2v) is 4.51. The monoisotopic (exact) mass is 264 g/mol. The molecule has 104 valence electrons. The Kier molecular flexibility index (Phi) is 6.02. The van der Waals surface area contributed by atoms with Crippen LogP contribution in [0.2, 0.25) is 0 Å². The summed E-state index contributed by atoms with van der Waals surface area (Å²) in [5, 5.41) is 11.1. The number of rotatable bonds is 7. The van der Waals surface area contributed by atoms with Gasteiger partial charge in [-0.1, -0.05) is 30.3 Å². The smallest absolute Gasteiger partial charge is 0.305 e. The van der Waals surface area contributed by atoms with Gasteiger partial charge in [-0.2, -0.15) is 0 Å². The molecule has 1 rings (SSSR count). The van der Waals surface area contributed by atoms with Crippen LogP contribution in [-0.2, 0) is 16.1 Å². The van der Waals surface area contributed by atoms with Gasteiger partial charge in [-0.3, -0.25) is 14.5 Å². The van der Waals surface area contributed by atoms with Crippen molar-refractivity contribution in [3.63, 3.8) is 0 Å². The molecule has 0 aliphatic heterocycles. The van der Waals surface area contributed by atoms with Gasteiger partial charge in [0.05, 0.1) is 12.5 Å². The molecule has 5 nitrogen and oxygen atoms in total. The van der Waals surface area contributed by atoms with E-state index in [-0.39, 0.29) is 24.9 Å². The summed E-state index contributed by atoms with van der Waals surface area (Å²) in [6.45, 7) is 2.64. The lowest BCUT2D eigenvalue weighted by molar-refractivity contribution is -0.137. The van der Waals surface area contributed by atoms with E-state index in [1.807, 2.05) is 42.3 Å². The Labute approximate surface area is 113 Å². The molecule has 0 saturated carbocycles. The predicted molar refractivity (Wildman–Crippen MR) is 72.6 cm³/mol. The lowest BCUT2D eigenvalue weighted by atomic mass is 10.2. The van der Waals surface area contributed by atoms with E-state index < -0.39 is 5.97 Å². The molecule has 1 aromatic rings. The number of carbonyl (C=O) groups is 2. The summed E-state index contributed by atoms with van der Waals surface area (Å²) in [6.07, 6.45) is -0.0547. The third-order valence-corrected chi connectivity index (χ3v) is 2.95. The average Bonchev–Trinajstić information content (AvgIpc) is 2.38. The minimum absolute atomic E-state index is 0.0547. The zero-order valence-corrected chi connectivity index (χ0v) is 11.3. The van der Waals surface area contributed by atoms with Gasteiger partial charge in [-0.05, 0) is 19.5 Å². The lowest BCUT2D eigenvalue weighted by Gasteiger charge is -2.23. The maximum Gasteiger partial charge on any atom is 0.305 e. The van der Waals surface area contributed by atoms with E-state index in [2.05, 4.69) is 5.32 Å². The Hall–Kier alpha value is -1.88. The topological polar surface area (TPSA) is 69.6 Å². The second kappa shape index (κ2) is 7.53. The van der Waals surface area contributed by atoms with Crippen LogP contribution in [0.25, 0.3) is 0 Å². The van der Waals surface area contributed by atoms with Crippen LogP contribution in [0, 0.1) is 0 Å². The van der Waals surface area contributed by atoms with Crippen molar-refractivity contribution in [2.24, 2.45) is 0 Å². The van der Waals surface area contributed by atoms with Crippen LogP contribution in [0.15, 0.2) is 30.3 Å². The Balaban J connectivity index is 2.41. The number of hydrogen-bond donors (Lipinski definition) is 2. The summed E-state index contributed by atoms with van der Waals surface area (Å²) in [5.41, 5.74) is 1.13. The van der Waals surface area contributed by atoms with E-state index in [9.17, 15) is 9.59 Å². The van der Waals surface area contributed by atoms with E-state index in [4.69, 9.17) is 5.11 Å². The number of aliphatic carboxylic acids is 1. The molecule has 0 bridgehead atoms. The first-order valence-corrected chi connectivity index (χ1v) is 6.24. The predicted octanol–water partition coefficient (Wildman–Crippen LogP) is 1.10. The van der Waals surface area contributed by atoms with Crippen molar-refractivity contribution in [2.45, 2.75) is 25.9 Å². The third-order valence-electron chi connectivity index (χ3n) is 2.95. The Morgan fingerprint density at radius 2 is 1.95 bits per heavy atom. The molecule has 0 aliphatic rings. The number of likely N-dealkylation sites (N-methyl/N-ethyl adjacent to an activating group) is 1. The maximum absolute atomic E-state index is 11.8. The van der Waals surface area contributed by atoms with Gasteiger partial charge in [0.2, 0.25) is 5.91 Å². The zero-order chi connectivity index (χ0) is 14.3. The molecule has 1 unspecified atom stereocenters. The summed E-state index contributed by atoms with van der Waals surface area (Å²) in [4.78, 5) is 24.1. The average molecular weight is 264 g/mol. The lowest BCUT2D eigenvalue weighted by Crippen LogP contribution is -2.43. The number of carboxylic acid groups (broad SMARTS) is 1. The number of carbonyl (C=O) groups excluding carboxylic acids is 1. The highest BCUT2D eigenvalue weighted by Crippen LogP contribution is 2.05. The third kappa shape index (κ3) is 5.52. The van der Waals surface area contributed by atoms with Crippen LogP contribution in [0.4, 0.5) is 0 Å². The number of hydrogen-bond acceptors (Lipinski definition) is 3. The SMILES string of the molecule is CC(C(=O)NCCC(=O)O)N(C)Cc1ccccc1. The summed E-state index contributed by atoms with van der Waals surface area (Å²) in [5.74, 6) is -1.06. The van der Waals surface area contributed by atoms with E-state index in [0.717, 1.165) is 5.56 Å². The number of nitrogens with zero attached hydrogens (tertiary/aromatic N) is 1. The number of benzene rings is 1. The summed E-state index contributed by atoms with van der Waals surface area (Å²) >= 11 is 0. The molecule has 5 heteroatoms. The first-order chi connectivity index (χ1) is 9.00. The highest BCUT2D eigenvalue weighted by Gasteiger charge is 2.17. The van der Waals surface area contributed by atoms with Crippen LogP contribution < -0.4 is 5.32 Å². The largest absolute Gasteiger partial charge is 0.481 e. The van der Waals surface area contributed by atoms with Crippen LogP contribution in [-0.4, -0.2) is 41.5 Å². The van der Waals surface area contributed by atoms with Gasteiger partial charge in [0, 0.05) is 13.1 Å². The summed E-state index contributed by atoms with van der Waals surface area (Å²) in [7, 11) is 1.87. The van der Waals surface area contributed by atoms with E-state index >= 15 is 0 Å². The quantitative estimate of drug-likeness (QED) is 0.773. The fourth-order valence-corrected chi connectivity index (χ4v) is 1.65. The summed E-state index contributed by atoms with van der Waals surface area (Å²) < 4.78 is 0. The number of amides is 1. The van der Waals surface area contributed by atoms with Crippen molar-refractivity contribution < 1.29 is 14.7 Å². The second-order valence-electron chi connectivity index (χ2n) is 4.51. The maximum atomic E-state index is 11.8. The van der Waals surface area contributed by atoms with Gasteiger partial charge in [0.25, 0.3) is 0 Å². The standard InChI is InChI=1S/C14H20N2O3/c1-11(14(19)15-9-8-13(17)18)16(2)10-12-6-4-3-5-7-12/h3-7,11H,8-10H2,1-2H3,(H,15,19)(H,17,18). The van der Waals surface area contributed by atoms with Crippen molar-refractivity contribution in [2.75, 3.05) is 13.6 Å². The number of nitrogens with one attached hydrogen (secondary N) is 1. The van der Waals surface area contributed by atoms with Crippen molar-refractivity contribution in [1.29, 1.82) is 0 Å². The van der Waals surface area contributed by atoms with Gasteiger partial charge >= 0.3 is 5.97 Å². The fourth-order valence-electron chi connectivity index (χ4n) is 1.65. The Morgan fingerprint density at radius 1 is 1.32 bits per heavy atom. The molecule has 0 aliphatic carbocycles. The fraction of sp³-hybridized carbons (Fsp3) is 0.429. The van der Waals surface area contributed by atoms with E-state index in [0.29, 0.717) is 6.54 Å². The molecular formula is C14H20N2O3. The van der Waals surface area contributed by atoms with Crippen molar-refractivity contribution >= 4 is 11.9 Å². The molecule has 0 radical (unpaired) electrons. The Bertz CT molecular complexity index is 420. The molecular weight excluding hydrogens is 244 g/mol. The van der Waals surface area contributed by atoms with Crippen LogP contribution >= 0.6 is 0 Å². The molecule has 0 fully saturated rings. The molecule has 1 amide bonds. The molecule has 2 N–H and O–H groups in total. The molecule has 0 spiro atoms. The van der Waals surface area contributed by atoms with Gasteiger partial charge in [-0.15, -0.1) is 0 Å². The molecule has 0 heterocycles. The molecule has 1 aromatic carbocycles. The summed E-state index contributed by atoms with van der Waals surface area (Å²) in [6, 6.07) is 9.58. The van der Waals surface area contributed by atoms with Gasteiger partial charge in [0.15, 0.2) is 0 Å². The van der Waals surface area contributed by atoms with Gasteiger partial charge in [0.1, 0.15) is 0 Å². The van der Waals surface area contributed by atoms with Gasteiger partial charge < -0.3 is 10.4 Å². The normalized spacial score (nSPS) is 12.2. The van der Waals surface area contributed by atoms with E-state index in [1.54, 1.807) is 6.92 Å². The minimum Gasteiger partial charge on any atom is -0.481 e. The van der Waals surface area contributed by atoms with Crippen LogP contribution in [0.3, 0.4) is 0 Å². The Morgan fingerprint density at radius 3 is 2.53 bits per heavy atom. The van der Waals surface area contributed by atoms with E-state index in [1.165, 1.54) is 0 Å². The van der Waals surface area contributed by atoms with Gasteiger partial charge in [-0.25, -0.2) is 0 Å². The first-order valence-electron chi connectivity index (χ1n) is 6.24. The molecule has 0 aromatic heterocycles. The van der Waals surface area contributed by atoms with Crippen LogP contribution in [0.5, 0.6) is 0 Å². The minimum atomic E-state index is -0.911.